The Balaban J connectivity index is 0.00000320. The van der Waals surface area contributed by atoms with Gasteiger partial charge >= 0.3 is 5.97 Å². The van der Waals surface area contributed by atoms with Gasteiger partial charge in [-0.2, -0.15) is 0 Å². The van der Waals surface area contributed by atoms with Crippen LogP contribution in [0.4, 0.5) is 4.39 Å². The number of hydrogen-bond donors (Lipinski definition) is 1. The molecule has 3 rings (SSSR count). The van der Waals surface area contributed by atoms with E-state index in [1.165, 1.54) is 12.1 Å². The van der Waals surface area contributed by atoms with Gasteiger partial charge in [0, 0.05) is 36.3 Å². The van der Waals surface area contributed by atoms with Crippen molar-refractivity contribution in [3.63, 3.8) is 0 Å². The van der Waals surface area contributed by atoms with Crippen LogP contribution in [0, 0.1) is 19.7 Å². The number of aryl methyl sites for hydroxylation is 2. The number of rotatable bonds is 7. The van der Waals surface area contributed by atoms with Crippen molar-refractivity contribution in [2.45, 2.75) is 20.3 Å². The Hall–Kier alpha value is -2.70. The van der Waals surface area contributed by atoms with Crippen LogP contribution < -0.4 is 0 Å². The third-order valence-corrected chi connectivity index (χ3v) is 5.00. The lowest BCUT2D eigenvalue weighted by molar-refractivity contribution is -0.133. The van der Waals surface area contributed by atoms with Crippen molar-refractivity contribution in [3.8, 4) is 0 Å². The van der Waals surface area contributed by atoms with Crippen LogP contribution in [0.25, 0.3) is 0 Å². The summed E-state index contributed by atoms with van der Waals surface area (Å²) in [5.74, 6) is -1.16. The van der Waals surface area contributed by atoms with E-state index < -0.39 is 5.97 Å². The fraction of sp³-hybridized carbons (Fsp3) is 0.304. The second kappa shape index (κ2) is 10.9. The topological polar surface area (TPSA) is 62.1 Å². The Labute approximate surface area is 182 Å². The van der Waals surface area contributed by atoms with Crippen molar-refractivity contribution >= 4 is 24.1 Å². The van der Waals surface area contributed by atoms with Gasteiger partial charge in [-0.1, -0.05) is 35.5 Å². The molecule has 1 aliphatic rings. The fourth-order valence-electron chi connectivity index (χ4n) is 3.41. The molecule has 2 aromatic rings. The number of nitrogens with zero attached hydrogens (tertiary/aromatic N) is 2. The summed E-state index contributed by atoms with van der Waals surface area (Å²) in [5, 5.41) is 13.5. The highest BCUT2D eigenvalue weighted by Gasteiger charge is 2.17. The SMILES string of the molecule is Cc1ccccc1C(=NOCCN1CCC=C(C(=O)O)C1)c1ccc(F)cc1C.Cl. The molecule has 0 aromatic heterocycles. The van der Waals surface area contributed by atoms with Gasteiger partial charge in [0.25, 0.3) is 0 Å². The molecule has 0 spiro atoms. The van der Waals surface area contributed by atoms with Crippen LogP contribution in [0.3, 0.4) is 0 Å². The minimum Gasteiger partial charge on any atom is -0.478 e. The van der Waals surface area contributed by atoms with Crippen LogP contribution in [-0.4, -0.2) is 47.9 Å². The Kier molecular flexibility index (Phi) is 8.57. The van der Waals surface area contributed by atoms with E-state index in [4.69, 9.17) is 9.94 Å². The Morgan fingerprint density at radius 3 is 2.60 bits per heavy atom. The van der Waals surface area contributed by atoms with Gasteiger partial charge < -0.3 is 9.94 Å². The maximum atomic E-state index is 13.6. The third-order valence-electron chi connectivity index (χ3n) is 5.00. The smallest absolute Gasteiger partial charge is 0.332 e. The van der Waals surface area contributed by atoms with Gasteiger partial charge in [0.15, 0.2) is 0 Å². The van der Waals surface area contributed by atoms with E-state index in [1.54, 1.807) is 12.1 Å². The molecule has 7 heteroatoms. The molecule has 0 unspecified atom stereocenters. The van der Waals surface area contributed by atoms with Crippen LogP contribution in [0.15, 0.2) is 59.3 Å². The number of carboxylic acids is 1. The summed E-state index contributed by atoms with van der Waals surface area (Å²) in [6, 6.07) is 12.5. The predicted molar refractivity (Wildman–Crippen MR) is 118 cm³/mol. The zero-order valence-electron chi connectivity index (χ0n) is 17.1. The zero-order valence-corrected chi connectivity index (χ0v) is 17.9. The first-order valence-electron chi connectivity index (χ1n) is 9.63. The fourth-order valence-corrected chi connectivity index (χ4v) is 3.41. The standard InChI is InChI=1S/C23H25FN2O3.ClH/c1-16-6-3-4-8-20(16)22(21-10-9-19(24)14-17(21)2)25-29-13-12-26-11-5-7-18(15-26)23(27)28;/h3-4,6-10,14H,5,11-13,15H2,1-2H3,(H,27,28);1H. The van der Waals surface area contributed by atoms with Crippen molar-refractivity contribution in [2.24, 2.45) is 5.16 Å². The van der Waals surface area contributed by atoms with E-state index in [1.807, 2.05) is 43.0 Å². The molecule has 5 nitrogen and oxygen atoms in total. The van der Waals surface area contributed by atoms with E-state index in [9.17, 15) is 9.18 Å². The molecule has 1 heterocycles. The van der Waals surface area contributed by atoms with Gasteiger partial charge in [-0.25, -0.2) is 9.18 Å². The van der Waals surface area contributed by atoms with Crippen molar-refractivity contribution in [2.75, 3.05) is 26.2 Å². The van der Waals surface area contributed by atoms with Gasteiger partial charge in [0.2, 0.25) is 0 Å². The third kappa shape index (κ3) is 5.90. The lowest BCUT2D eigenvalue weighted by Gasteiger charge is -2.25. The molecule has 0 saturated carbocycles. The highest BCUT2D eigenvalue weighted by Crippen LogP contribution is 2.19. The number of oxime groups is 1. The van der Waals surface area contributed by atoms with Crippen molar-refractivity contribution in [3.05, 3.63) is 82.2 Å². The maximum absolute atomic E-state index is 13.6. The first-order chi connectivity index (χ1) is 14.0. The summed E-state index contributed by atoms with van der Waals surface area (Å²) in [6.45, 7) is 5.96. The Morgan fingerprint density at radius 2 is 1.90 bits per heavy atom. The van der Waals surface area contributed by atoms with Crippen molar-refractivity contribution in [1.29, 1.82) is 0 Å². The largest absolute Gasteiger partial charge is 0.478 e. The number of carboxylic acid groups (broad SMARTS) is 1. The minimum atomic E-state index is -0.873. The van der Waals surface area contributed by atoms with Crippen LogP contribution in [0.2, 0.25) is 0 Å². The summed E-state index contributed by atoms with van der Waals surface area (Å²) in [6.07, 6.45) is 2.49. The number of hydrogen-bond acceptors (Lipinski definition) is 4. The molecule has 0 saturated heterocycles. The first-order valence-corrected chi connectivity index (χ1v) is 9.63. The molecule has 0 radical (unpaired) electrons. The summed E-state index contributed by atoms with van der Waals surface area (Å²) in [5.41, 5.74) is 4.65. The van der Waals surface area contributed by atoms with Gasteiger partial charge in [0.05, 0.1) is 0 Å². The second-order valence-electron chi connectivity index (χ2n) is 7.15. The van der Waals surface area contributed by atoms with E-state index in [0.717, 1.165) is 28.8 Å². The number of halogens is 2. The molecule has 0 fully saturated rings. The van der Waals surface area contributed by atoms with Crippen molar-refractivity contribution < 1.29 is 19.1 Å². The van der Waals surface area contributed by atoms with Gasteiger partial charge in [-0.05, 0) is 49.6 Å². The van der Waals surface area contributed by atoms with Crippen LogP contribution in [0.5, 0.6) is 0 Å². The molecular formula is C23H26ClFN2O3. The van der Waals surface area contributed by atoms with Crippen LogP contribution in [0.1, 0.15) is 28.7 Å². The van der Waals surface area contributed by atoms with E-state index in [0.29, 0.717) is 37.4 Å². The molecule has 1 N–H and O–H groups in total. The summed E-state index contributed by atoms with van der Waals surface area (Å²) in [7, 11) is 0. The normalized spacial score (nSPS) is 14.6. The molecule has 160 valence electrons. The van der Waals surface area contributed by atoms with Crippen LogP contribution >= 0.6 is 12.4 Å². The number of carbonyl (C=O) groups is 1. The monoisotopic (exact) mass is 432 g/mol. The molecule has 30 heavy (non-hydrogen) atoms. The number of aliphatic carboxylic acids is 1. The zero-order chi connectivity index (χ0) is 20.8. The van der Waals surface area contributed by atoms with E-state index >= 15 is 0 Å². The average molecular weight is 433 g/mol. The van der Waals surface area contributed by atoms with Gasteiger partial charge in [-0.15, -0.1) is 12.4 Å². The molecular weight excluding hydrogens is 407 g/mol. The van der Waals surface area contributed by atoms with Crippen molar-refractivity contribution in [1.82, 2.24) is 4.90 Å². The van der Waals surface area contributed by atoms with Gasteiger partial charge in [0.1, 0.15) is 18.1 Å². The van der Waals surface area contributed by atoms with Gasteiger partial charge in [-0.3, -0.25) is 4.90 Å². The Morgan fingerprint density at radius 1 is 1.17 bits per heavy atom. The minimum absolute atomic E-state index is 0. The Bertz CT molecular complexity index is 959. The number of benzene rings is 2. The lowest BCUT2D eigenvalue weighted by atomic mass is 9.95. The van der Waals surface area contributed by atoms with Crippen LogP contribution in [-0.2, 0) is 9.63 Å². The lowest BCUT2D eigenvalue weighted by Crippen LogP contribution is -2.34. The summed E-state index contributed by atoms with van der Waals surface area (Å²) < 4.78 is 13.6. The highest BCUT2D eigenvalue weighted by atomic mass is 35.5. The quantitative estimate of drug-likeness (QED) is 0.401. The average Bonchev–Trinajstić information content (AvgIpc) is 2.70. The summed E-state index contributed by atoms with van der Waals surface area (Å²) in [4.78, 5) is 18.8. The molecule has 1 aliphatic heterocycles. The summed E-state index contributed by atoms with van der Waals surface area (Å²) >= 11 is 0. The maximum Gasteiger partial charge on any atom is 0.332 e. The molecule has 0 aliphatic carbocycles. The van der Waals surface area contributed by atoms with E-state index in [2.05, 4.69) is 5.16 Å². The first kappa shape index (κ1) is 23.6. The van der Waals surface area contributed by atoms with E-state index in [-0.39, 0.29) is 18.2 Å². The molecule has 0 amide bonds. The highest BCUT2D eigenvalue weighted by molar-refractivity contribution is 6.14. The predicted octanol–water partition coefficient (Wildman–Crippen LogP) is 4.35. The molecule has 0 bridgehead atoms. The molecule has 2 aromatic carbocycles. The molecule has 0 atom stereocenters. The second-order valence-corrected chi connectivity index (χ2v) is 7.15.